The van der Waals surface area contributed by atoms with Crippen molar-refractivity contribution < 1.29 is 4.74 Å². The number of nitrogens with zero attached hydrogens (tertiary/aromatic N) is 1. The molecule has 0 saturated heterocycles. The minimum Gasteiger partial charge on any atom is -0.483 e. The summed E-state index contributed by atoms with van der Waals surface area (Å²) in [5, 5.41) is 10.8. The van der Waals surface area contributed by atoms with Crippen LogP contribution in [0.5, 0.6) is 5.75 Å². The summed E-state index contributed by atoms with van der Waals surface area (Å²) in [4.78, 5) is 1.09. The van der Waals surface area contributed by atoms with Crippen molar-refractivity contribution in [3.63, 3.8) is 0 Å². The van der Waals surface area contributed by atoms with E-state index in [2.05, 4.69) is 22.0 Å². The third-order valence-electron chi connectivity index (χ3n) is 2.97. The SMILES string of the molecule is CCC(N)C(Oc1ccc(C#N)cc1)c1cc(Br)cs1. The van der Waals surface area contributed by atoms with Crippen molar-refractivity contribution in [2.24, 2.45) is 5.73 Å². The average molecular weight is 351 g/mol. The number of rotatable bonds is 5. The van der Waals surface area contributed by atoms with Gasteiger partial charge >= 0.3 is 0 Å². The van der Waals surface area contributed by atoms with E-state index in [-0.39, 0.29) is 12.1 Å². The van der Waals surface area contributed by atoms with Crippen molar-refractivity contribution in [2.45, 2.75) is 25.5 Å². The van der Waals surface area contributed by atoms with Crippen molar-refractivity contribution in [3.05, 3.63) is 50.6 Å². The largest absolute Gasteiger partial charge is 0.483 e. The minimum absolute atomic E-state index is 0.0730. The zero-order chi connectivity index (χ0) is 14.5. The summed E-state index contributed by atoms with van der Waals surface area (Å²) in [6, 6.07) is 11.1. The van der Waals surface area contributed by atoms with E-state index in [9.17, 15) is 0 Å². The number of ether oxygens (including phenoxy) is 1. The highest BCUT2D eigenvalue weighted by atomic mass is 79.9. The highest BCUT2D eigenvalue weighted by Gasteiger charge is 2.22. The molecule has 0 aliphatic rings. The number of benzene rings is 1. The molecule has 5 heteroatoms. The van der Waals surface area contributed by atoms with Crippen LogP contribution in [0.25, 0.3) is 0 Å². The molecule has 0 saturated carbocycles. The molecule has 2 N–H and O–H groups in total. The van der Waals surface area contributed by atoms with E-state index in [0.717, 1.165) is 21.5 Å². The second kappa shape index (κ2) is 6.89. The number of hydrogen-bond donors (Lipinski definition) is 1. The van der Waals surface area contributed by atoms with Gasteiger partial charge < -0.3 is 10.5 Å². The lowest BCUT2D eigenvalue weighted by molar-refractivity contribution is 0.174. The van der Waals surface area contributed by atoms with Crippen molar-refractivity contribution in [1.29, 1.82) is 5.26 Å². The van der Waals surface area contributed by atoms with Crippen molar-refractivity contribution in [2.75, 3.05) is 0 Å². The zero-order valence-electron chi connectivity index (χ0n) is 11.0. The topological polar surface area (TPSA) is 59.0 Å². The quantitative estimate of drug-likeness (QED) is 0.877. The van der Waals surface area contributed by atoms with Crippen LogP contribution < -0.4 is 10.5 Å². The predicted molar refractivity (Wildman–Crippen MR) is 84.8 cm³/mol. The van der Waals surface area contributed by atoms with Gasteiger partial charge in [0, 0.05) is 20.8 Å². The summed E-state index contributed by atoms with van der Waals surface area (Å²) in [5.74, 6) is 0.724. The molecule has 20 heavy (non-hydrogen) atoms. The van der Waals surface area contributed by atoms with E-state index < -0.39 is 0 Å². The van der Waals surface area contributed by atoms with Gasteiger partial charge in [0.25, 0.3) is 0 Å². The molecule has 2 aromatic rings. The Morgan fingerprint density at radius 1 is 1.40 bits per heavy atom. The fourth-order valence-corrected chi connectivity index (χ4v) is 3.35. The smallest absolute Gasteiger partial charge is 0.148 e. The first-order valence-corrected chi connectivity index (χ1v) is 7.97. The summed E-state index contributed by atoms with van der Waals surface area (Å²) >= 11 is 5.08. The fourth-order valence-electron chi connectivity index (χ4n) is 1.80. The Balaban J connectivity index is 2.21. The van der Waals surface area contributed by atoms with Gasteiger partial charge in [-0.05, 0) is 52.7 Å². The van der Waals surface area contributed by atoms with Crippen LogP contribution in [0.2, 0.25) is 0 Å². The molecule has 0 fully saturated rings. The van der Waals surface area contributed by atoms with Gasteiger partial charge in [-0.25, -0.2) is 0 Å². The lowest BCUT2D eigenvalue weighted by Gasteiger charge is -2.23. The second-order valence-electron chi connectivity index (χ2n) is 4.41. The van der Waals surface area contributed by atoms with Gasteiger partial charge in [0.2, 0.25) is 0 Å². The monoisotopic (exact) mass is 350 g/mol. The number of hydrogen-bond acceptors (Lipinski definition) is 4. The zero-order valence-corrected chi connectivity index (χ0v) is 13.4. The molecule has 0 amide bonds. The molecule has 0 radical (unpaired) electrons. The molecule has 104 valence electrons. The van der Waals surface area contributed by atoms with Crippen molar-refractivity contribution in [3.8, 4) is 11.8 Å². The van der Waals surface area contributed by atoms with Crippen LogP contribution in [-0.2, 0) is 0 Å². The molecular weight excluding hydrogens is 336 g/mol. The van der Waals surface area contributed by atoms with Gasteiger partial charge in [-0.1, -0.05) is 6.92 Å². The normalized spacial score (nSPS) is 13.5. The number of halogens is 1. The Morgan fingerprint density at radius 3 is 2.60 bits per heavy atom. The fraction of sp³-hybridized carbons (Fsp3) is 0.267. The van der Waals surface area contributed by atoms with Gasteiger partial charge in [0.1, 0.15) is 11.9 Å². The first-order chi connectivity index (χ1) is 9.63. The average Bonchev–Trinajstić information content (AvgIpc) is 2.91. The van der Waals surface area contributed by atoms with E-state index in [1.807, 2.05) is 18.4 Å². The van der Waals surface area contributed by atoms with Gasteiger partial charge in [-0.3, -0.25) is 0 Å². The molecule has 3 nitrogen and oxygen atoms in total. The summed E-state index contributed by atoms with van der Waals surface area (Å²) in [7, 11) is 0. The molecule has 0 aliphatic carbocycles. The first-order valence-electron chi connectivity index (χ1n) is 6.30. The van der Waals surface area contributed by atoms with Gasteiger partial charge in [-0.15, -0.1) is 11.3 Å². The maximum Gasteiger partial charge on any atom is 0.148 e. The van der Waals surface area contributed by atoms with Crippen LogP contribution in [0.3, 0.4) is 0 Å². The number of nitrogens with two attached hydrogens (primary N) is 1. The first kappa shape index (κ1) is 15.0. The summed E-state index contributed by atoms with van der Waals surface area (Å²) in [6.07, 6.45) is 0.653. The Kier molecular flexibility index (Phi) is 5.18. The summed E-state index contributed by atoms with van der Waals surface area (Å²) in [5.41, 5.74) is 6.79. The van der Waals surface area contributed by atoms with Crippen molar-refractivity contribution in [1.82, 2.24) is 0 Å². The molecule has 2 unspecified atom stereocenters. The number of nitriles is 1. The third kappa shape index (κ3) is 3.60. The summed E-state index contributed by atoms with van der Waals surface area (Å²) in [6.45, 7) is 2.04. The molecule has 0 spiro atoms. The molecule has 1 aromatic heterocycles. The van der Waals surface area contributed by atoms with Crippen molar-refractivity contribution >= 4 is 27.3 Å². The van der Waals surface area contributed by atoms with Crippen LogP contribution in [0.4, 0.5) is 0 Å². The Hall–Kier alpha value is -1.35. The van der Waals surface area contributed by atoms with E-state index >= 15 is 0 Å². The minimum atomic E-state index is -0.177. The Labute approximate surface area is 131 Å². The van der Waals surface area contributed by atoms with Crippen LogP contribution in [0, 0.1) is 11.3 Å². The second-order valence-corrected chi connectivity index (χ2v) is 6.27. The highest BCUT2D eigenvalue weighted by molar-refractivity contribution is 9.10. The molecular formula is C15H15BrN2OS. The van der Waals surface area contributed by atoms with E-state index in [1.165, 1.54) is 0 Å². The van der Waals surface area contributed by atoms with Crippen LogP contribution >= 0.6 is 27.3 Å². The molecule has 1 aromatic carbocycles. The van der Waals surface area contributed by atoms with Crippen LogP contribution in [0.15, 0.2) is 40.2 Å². The number of thiophene rings is 1. The summed E-state index contributed by atoms with van der Waals surface area (Å²) < 4.78 is 7.06. The predicted octanol–water partition coefficient (Wildman–Crippen LogP) is 4.24. The van der Waals surface area contributed by atoms with E-state index in [0.29, 0.717) is 5.56 Å². The lowest BCUT2D eigenvalue weighted by Crippen LogP contribution is -2.30. The van der Waals surface area contributed by atoms with Gasteiger partial charge in [-0.2, -0.15) is 5.26 Å². The van der Waals surface area contributed by atoms with E-state index in [1.54, 1.807) is 35.6 Å². The molecule has 2 rings (SSSR count). The molecule has 2 atom stereocenters. The lowest BCUT2D eigenvalue weighted by atomic mass is 10.1. The van der Waals surface area contributed by atoms with Crippen LogP contribution in [-0.4, -0.2) is 6.04 Å². The molecule has 0 aliphatic heterocycles. The van der Waals surface area contributed by atoms with Gasteiger partial charge in [0.05, 0.1) is 11.6 Å². The third-order valence-corrected chi connectivity index (χ3v) is 4.73. The maximum atomic E-state index is 8.80. The Morgan fingerprint density at radius 2 is 2.10 bits per heavy atom. The molecule has 1 heterocycles. The Bertz CT molecular complexity index is 603. The van der Waals surface area contributed by atoms with Gasteiger partial charge in [0.15, 0.2) is 0 Å². The highest BCUT2D eigenvalue weighted by Crippen LogP contribution is 2.31. The van der Waals surface area contributed by atoms with E-state index in [4.69, 9.17) is 15.7 Å². The van der Waals surface area contributed by atoms with Crippen LogP contribution in [0.1, 0.15) is 29.9 Å². The standard InChI is InChI=1S/C15H15BrN2OS/c1-2-13(18)15(14-7-11(16)9-20-14)19-12-5-3-10(8-17)4-6-12/h3-7,9,13,15H,2,18H2,1H3. The maximum absolute atomic E-state index is 8.80. The molecule has 0 bridgehead atoms.